The summed E-state index contributed by atoms with van der Waals surface area (Å²) < 4.78 is 0. The van der Waals surface area contributed by atoms with E-state index in [1.54, 1.807) is 43.1 Å². The van der Waals surface area contributed by atoms with Crippen LogP contribution in [0.15, 0.2) is 24.3 Å². The summed E-state index contributed by atoms with van der Waals surface area (Å²) in [6.07, 6.45) is 0. The van der Waals surface area contributed by atoms with E-state index in [0.29, 0.717) is 5.56 Å². The second-order valence-corrected chi connectivity index (χ2v) is 3.35. The molecule has 0 aliphatic heterocycles. The molecule has 1 aromatic carbocycles. The minimum atomic E-state index is -0.373. The van der Waals surface area contributed by atoms with Crippen molar-refractivity contribution in [1.29, 1.82) is 5.26 Å². The number of likely N-dealkylation sites (N-methyl/N-ethyl adjacent to an activating group) is 1. The summed E-state index contributed by atoms with van der Waals surface area (Å²) in [5, 5.41) is 8.63. The first-order valence-corrected chi connectivity index (χ1v) is 4.58. The first-order valence-electron chi connectivity index (χ1n) is 4.58. The number of amides is 1. The molecule has 0 radical (unpaired) electrons. The fourth-order valence-electron chi connectivity index (χ4n) is 1.19. The molecule has 1 unspecified atom stereocenters. The fourth-order valence-corrected chi connectivity index (χ4v) is 1.19. The molecule has 78 valence electrons. The van der Waals surface area contributed by atoms with Gasteiger partial charge in [-0.25, -0.2) is 0 Å². The van der Waals surface area contributed by atoms with E-state index >= 15 is 0 Å². The first-order chi connectivity index (χ1) is 7.06. The molecule has 0 aliphatic rings. The molecule has 0 heterocycles. The number of nitriles is 1. The van der Waals surface area contributed by atoms with Crippen LogP contribution in [0.4, 0.5) is 5.69 Å². The van der Waals surface area contributed by atoms with Gasteiger partial charge in [0.25, 0.3) is 0 Å². The lowest BCUT2D eigenvalue weighted by atomic mass is 10.2. The number of carbonyl (C=O) groups excluding carboxylic acids is 1. The Morgan fingerprint density at radius 3 is 2.40 bits per heavy atom. The number of hydrogen-bond acceptors (Lipinski definition) is 3. The van der Waals surface area contributed by atoms with Gasteiger partial charge in [-0.05, 0) is 31.2 Å². The number of hydrogen-bond donors (Lipinski definition) is 1. The summed E-state index contributed by atoms with van der Waals surface area (Å²) in [5.41, 5.74) is 6.65. The van der Waals surface area contributed by atoms with Gasteiger partial charge in [0.1, 0.15) is 6.04 Å². The van der Waals surface area contributed by atoms with E-state index in [2.05, 4.69) is 0 Å². The zero-order valence-corrected chi connectivity index (χ0v) is 8.77. The molecule has 0 fully saturated rings. The van der Waals surface area contributed by atoms with Crippen LogP contribution in [-0.4, -0.2) is 19.0 Å². The van der Waals surface area contributed by atoms with Gasteiger partial charge in [0.05, 0.1) is 11.6 Å². The number of primary amides is 1. The van der Waals surface area contributed by atoms with E-state index in [9.17, 15) is 4.79 Å². The van der Waals surface area contributed by atoms with E-state index in [-0.39, 0.29) is 11.9 Å². The zero-order valence-electron chi connectivity index (χ0n) is 8.77. The molecule has 0 saturated carbocycles. The predicted octanol–water partition coefficient (Wildman–Crippen LogP) is 0.868. The summed E-state index contributed by atoms with van der Waals surface area (Å²) in [4.78, 5) is 12.7. The molecule has 0 bridgehead atoms. The monoisotopic (exact) mass is 203 g/mol. The van der Waals surface area contributed by atoms with Crippen LogP contribution in [0.25, 0.3) is 0 Å². The van der Waals surface area contributed by atoms with Gasteiger partial charge < -0.3 is 10.6 Å². The van der Waals surface area contributed by atoms with Crippen molar-refractivity contribution in [1.82, 2.24) is 0 Å². The molecule has 0 aromatic heterocycles. The second-order valence-electron chi connectivity index (χ2n) is 3.35. The summed E-state index contributed by atoms with van der Waals surface area (Å²) in [6, 6.07) is 8.67. The lowest BCUT2D eigenvalue weighted by Gasteiger charge is -2.24. The van der Waals surface area contributed by atoms with Crippen molar-refractivity contribution >= 4 is 11.6 Å². The molecule has 4 heteroatoms. The highest BCUT2D eigenvalue weighted by Crippen LogP contribution is 2.15. The van der Waals surface area contributed by atoms with Gasteiger partial charge in [-0.2, -0.15) is 5.26 Å². The van der Waals surface area contributed by atoms with Crippen LogP contribution in [0.1, 0.15) is 12.5 Å². The van der Waals surface area contributed by atoms with E-state index in [1.165, 1.54) is 0 Å². The summed E-state index contributed by atoms with van der Waals surface area (Å²) >= 11 is 0. The summed E-state index contributed by atoms with van der Waals surface area (Å²) in [7, 11) is 1.79. The van der Waals surface area contributed by atoms with Gasteiger partial charge in [0, 0.05) is 12.7 Å². The number of anilines is 1. The van der Waals surface area contributed by atoms with Crippen molar-refractivity contribution in [2.45, 2.75) is 13.0 Å². The molecular formula is C11H13N3O. The predicted molar refractivity (Wildman–Crippen MR) is 58.2 cm³/mol. The normalized spacial score (nSPS) is 11.5. The van der Waals surface area contributed by atoms with Gasteiger partial charge in [-0.15, -0.1) is 0 Å². The first kappa shape index (κ1) is 11.1. The topological polar surface area (TPSA) is 70.1 Å². The molecule has 0 aliphatic carbocycles. The minimum absolute atomic E-state index is 0.363. The molecule has 0 spiro atoms. The average Bonchev–Trinajstić information content (AvgIpc) is 2.27. The Balaban J connectivity index is 2.88. The standard InChI is InChI=1S/C11H13N3O/c1-8(11(13)15)14(2)10-5-3-9(7-12)4-6-10/h3-6,8H,1-2H3,(H2,13,15). The summed E-state index contributed by atoms with van der Waals surface area (Å²) in [5.74, 6) is -0.373. The Morgan fingerprint density at radius 2 is 2.00 bits per heavy atom. The van der Waals surface area contributed by atoms with E-state index in [0.717, 1.165) is 5.69 Å². The van der Waals surface area contributed by atoms with Crippen LogP contribution < -0.4 is 10.6 Å². The maximum atomic E-state index is 11.0. The molecule has 1 rings (SSSR count). The van der Waals surface area contributed by atoms with E-state index in [4.69, 9.17) is 11.0 Å². The van der Waals surface area contributed by atoms with Crippen LogP contribution in [-0.2, 0) is 4.79 Å². The number of nitrogens with zero attached hydrogens (tertiary/aromatic N) is 2. The van der Waals surface area contributed by atoms with E-state index < -0.39 is 0 Å². The maximum absolute atomic E-state index is 11.0. The van der Waals surface area contributed by atoms with E-state index in [1.807, 2.05) is 6.07 Å². The number of nitrogens with two attached hydrogens (primary N) is 1. The smallest absolute Gasteiger partial charge is 0.239 e. The molecule has 2 N–H and O–H groups in total. The van der Waals surface area contributed by atoms with Crippen LogP contribution >= 0.6 is 0 Å². The van der Waals surface area contributed by atoms with Crippen LogP contribution in [0, 0.1) is 11.3 Å². The van der Waals surface area contributed by atoms with Crippen LogP contribution in [0.2, 0.25) is 0 Å². The van der Waals surface area contributed by atoms with Gasteiger partial charge >= 0.3 is 0 Å². The SMILES string of the molecule is CC(C(N)=O)N(C)c1ccc(C#N)cc1. The van der Waals surface area contributed by atoms with Crippen molar-refractivity contribution in [3.8, 4) is 6.07 Å². The second kappa shape index (κ2) is 4.47. The highest BCUT2D eigenvalue weighted by molar-refractivity contribution is 5.83. The third-order valence-electron chi connectivity index (χ3n) is 2.40. The Kier molecular flexibility index (Phi) is 3.29. The van der Waals surface area contributed by atoms with Crippen molar-refractivity contribution in [2.24, 2.45) is 5.73 Å². The molecule has 15 heavy (non-hydrogen) atoms. The highest BCUT2D eigenvalue weighted by Gasteiger charge is 2.14. The lowest BCUT2D eigenvalue weighted by Crippen LogP contribution is -2.40. The van der Waals surface area contributed by atoms with Gasteiger partial charge in [0.15, 0.2) is 0 Å². The van der Waals surface area contributed by atoms with Crippen molar-refractivity contribution in [3.05, 3.63) is 29.8 Å². The van der Waals surface area contributed by atoms with Crippen molar-refractivity contribution < 1.29 is 4.79 Å². The molecule has 1 aromatic rings. The van der Waals surface area contributed by atoms with Gasteiger partial charge in [-0.1, -0.05) is 0 Å². The molecule has 1 atom stereocenters. The highest BCUT2D eigenvalue weighted by atomic mass is 16.1. The summed E-state index contributed by atoms with van der Waals surface area (Å²) in [6.45, 7) is 1.74. The van der Waals surface area contributed by atoms with Gasteiger partial charge in [0.2, 0.25) is 5.91 Å². The minimum Gasteiger partial charge on any atom is -0.368 e. The average molecular weight is 203 g/mol. The maximum Gasteiger partial charge on any atom is 0.239 e. The molecular weight excluding hydrogens is 190 g/mol. The molecule has 0 saturated heterocycles. The Labute approximate surface area is 88.9 Å². The Bertz CT molecular complexity index is 391. The van der Waals surface area contributed by atoms with Gasteiger partial charge in [-0.3, -0.25) is 4.79 Å². The number of benzene rings is 1. The third-order valence-corrected chi connectivity index (χ3v) is 2.40. The third kappa shape index (κ3) is 2.47. The fraction of sp³-hybridized carbons (Fsp3) is 0.273. The van der Waals surface area contributed by atoms with Crippen LogP contribution in [0.5, 0.6) is 0 Å². The van der Waals surface area contributed by atoms with Crippen molar-refractivity contribution in [2.75, 3.05) is 11.9 Å². The van der Waals surface area contributed by atoms with Crippen LogP contribution in [0.3, 0.4) is 0 Å². The largest absolute Gasteiger partial charge is 0.368 e. The Morgan fingerprint density at radius 1 is 1.47 bits per heavy atom. The molecule has 1 amide bonds. The quantitative estimate of drug-likeness (QED) is 0.792. The molecule has 4 nitrogen and oxygen atoms in total. The number of carbonyl (C=O) groups is 1. The zero-order chi connectivity index (χ0) is 11.4. The lowest BCUT2D eigenvalue weighted by molar-refractivity contribution is -0.118. The number of rotatable bonds is 3. The van der Waals surface area contributed by atoms with Crippen molar-refractivity contribution in [3.63, 3.8) is 0 Å². The Hall–Kier alpha value is -2.02.